The Labute approximate surface area is 77.4 Å². The molecule has 1 rings (SSSR count). The van der Waals surface area contributed by atoms with Crippen LogP contribution in [-0.4, -0.2) is 76.5 Å². The predicted octanol–water partition coefficient (Wildman–Crippen LogP) is -2.48. The molecule has 1 unspecified atom stereocenters. The summed E-state index contributed by atoms with van der Waals surface area (Å²) in [6, 6.07) is -0.387. The van der Waals surface area contributed by atoms with Crippen molar-refractivity contribution in [1.82, 2.24) is 0 Å². The highest BCUT2D eigenvalue weighted by Crippen LogP contribution is 2.24. The maximum atomic E-state index is 9.51. The first kappa shape index (κ1) is 10.9. The molecular weight excluding hydrogens is 174 g/mol. The summed E-state index contributed by atoms with van der Waals surface area (Å²) in [5.41, 5.74) is 0. The van der Waals surface area contributed by atoms with Crippen molar-refractivity contribution in [2.75, 3.05) is 33.4 Å². The van der Waals surface area contributed by atoms with Crippen LogP contribution in [0.15, 0.2) is 0 Å². The van der Waals surface area contributed by atoms with Gasteiger partial charge in [-0.15, -0.1) is 0 Å². The molecule has 0 aromatic heterocycles. The second kappa shape index (κ2) is 3.89. The largest absolute Gasteiger partial charge is 0.391 e. The Morgan fingerprint density at radius 3 is 2.38 bits per heavy atom. The van der Waals surface area contributed by atoms with E-state index in [1.165, 1.54) is 0 Å². The number of likely N-dealkylation sites (tertiary alicyclic amines) is 1. The highest BCUT2D eigenvalue weighted by molar-refractivity contribution is 4.83. The zero-order valence-corrected chi connectivity index (χ0v) is 7.80. The lowest BCUT2D eigenvalue weighted by Gasteiger charge is -2.34. The van der Waals surface area contributed by atoms with E-state index in [9.17, 15) is 10.2 Å². The van der Waals surface area contributed by atoms with Gasteiger partial charge in [-0.3, -0.25) is 0 Å². The first-order valence-corrected chi connectivity index (χ1v) is 4.47. The number of nitrogens with zero attached hydrogens (tertiary/aromatic N) is 1. The minimum atomic E-state index is -0.887. The third-order valence-corrected chi connectivity index (χ3v) is 2.99. The van der Waals surface area contributed by atoms with E-state index in [-0.39, 0.29) is 19.3 Å². The van der Waals surface area contributed by atoms with Gasteiger partial charge in [0.1, 0.15) is 31.3 Å². The van der Waals surface area contributed by atoms with Crippen LogP contribution in [0.1, 0.15) is 0 Å². The summed E-state index contributed by atoms with van der Waals surface area (Å²) in [7, 11) is 1.82. The zero-order valence-electron chi connectivity index (χ0n) is 7.80. The van der Waals surface area contributed by atoms with Gasteiger partial charge in [0.2, 0.25) is 0 Å². The molecule has 1 saturated heterocycles. The Morgan fingerprint density at radius 1 is 1.31 bits per heavy atom. The second-order valence-electron chi connectivity index (χ2n) is 3.92. The Kier molecular flexibility index (Phi) is 3.26. The summed E-state index contributed by atoms with van der Waals surface area (Å²) in [6.45, 7) is 0.646. The van der Waals surface area contributed by atoms with Crippen LogP contribution < -0.4 is 0 Å². The van der Waals surface area contributed by atoms with Gasteiger partial charge in [-0.2, -0.15) is 0 Å². The molecule has 4 N–H and O–H groups in total. The predicted molar refractivity (Wildman–Crippen MR) is 45.9 cm³/mol. The van der Waals surface area contributed by atoms with Gasteiger partial charge in [0.15, 0.2) is 0 Å². The van der Waals surface area contributed by atoms with Crippen LogP contribution in [0.5, 0.6) is 0 Å². The minimum absolute atomic E-state index is 0.00750. The monoisotopic (exact) mass is 192 g/mol. The van der Waals surface area contributed by atoms with Crippen molar-refractivity contribution >= 4 is 0 Å². The molecule has 0 amide bonds. The number of likely N-dealkylation sites (N-methyl/N-ethyl adjacent to an activating group) is 1. The molecule has 0 aliphatic carbocycles. The Balaban J connectivity index is 2.74. The Bertz CT molecular complexity index is 178. The lowest BCUT2D eigenvalue weighted by Crippen LogP contribution is -2.54. The SMILES string of the molecule is C[N+]1(CCO)C[C@H](O)[C@@H](O)[C@@H]1CO. The third-order valence-electron chi connectivity index (χ3n) is 2.99. The molecular formula is C8H18NO4+. The van der Waals surface area contributed by atoms with Crippen molar-refractivity contribution in [1.29, 1.82) is 0 Å². The molecule has 0 aromatic rings. The summed E-state index contributed by atoms with van der Waals surface area (Å²) < 4.78 is 0.329. The molecule has 0 saturated carbocycles. The van der Waals surface area contributed by atoms with Gasteiger partial charge in [-0.25, -0.2) is 0 Å². The number of quaternary nitrogens is 1. The first-order valence-electron chi connectivity index (χ1n) is 4.47. The van der Waals surface area contributed by atoms with E-state index in [0.717, 1.165) is 0 Å². The number of aliphatic hydroxyl groups is 4. The molecule has 1 heterocycles. The minimum Gasteiger partial charge on any atom is -0.391 e. The van der Waals surface area contributed by atoms with Crippen LogP contribution in [0.4, 0.5) is 0 Å². The molecule has 78 valence electrons. The molecule has 5 heteroatoms. The zero-order chi connectivity index (χ0) is 10.1. The van der Waals surface area contributed by atoms with Gasteiger partial charge in [-0.05, 0) is 0 Å². The molecule has 5 nitrogen and oxygen atoms in total. The summed E-state index contributed by atoms with van der Waals surface area (Å²) in [6.07, 6.45) is -1.68. The van der Waals surface area contributed by atoms with E-state index in [0.29, 0.717) is 17.6 Å². The van der Waals surface area contributed by atoms with Gasteiger partial charge in [-0.1, -0.05) is 0 Å². The summed E-state index contributed by atoms with van der Waals surface area (Å²) in [4.78, 5) is 0. The van der Waals surface area contributed by atoms with E-state index in [2.05, 4.69) is 0 Å². The molecule has 0 radical (unpaired) electrons. The third kappa shape index (κ3) is 1.84. The maximum absolute atomic E-state index is 9.51. The molecule has 4 atom stereocenters. The van der Waals surface area contributed by atoms with Crippen molar-refractivity contribution < 1.29 is 24.9 Å². The lowest BCUT2D eigenvalue weighted by atomic mass is 10.1. The van der Waals surface area contributed by atoms with Crippen LogP contribution in [-0.2, 0) is 0 Å². The highest BCUT2D eigenvalue weighted by Gasteiger charge is 2.49. The van der Waals surface area contributed by atoms with E-state index in [4.69, 9.17) is 10.2 Å². The van der Waals surface area contributed by atoms with Crippen molar-refractivity contribution in [3.05, 3.63) is 0 Å². The van der Waals surface area contributed by atoms with Crippen LogP contribution in [0.25, 0.3) is 0 Å². The van der Waals surface area contributed by atoms with Crippen LogP contribution in [0.2, 0.25) is 0 Å². The van der Waals surface area contributed by atoms with Crippen molar-refractivity contribution in [2.45, 2.75) is 18.2 Å². The van der Waals surface area contributed by atoms with Gasteiger partial charge >= 0.3 is 0 Å². The molecule has 1 aliphatic heterocycles. The van der Waals surface area contributed by atoms with E-state index >= 15 is 0 Å². The fourth-order valence-electron chi connectivity index (χ4n) is 2.09. The highest BCUT2D eigenvalue weighted by atomic mass is 16.3. The normalized spacial score (nSPS) is 45.5. The van der Waals surface area contributed by atoms with Gasteiger partial charge in [0.05, 0.1) is 20.3 Å². The fraction of sp³-hybridized carbons (Fsp3) is 1.00. The Morgan fingerprint density at radius 2 is 1.92 bits per heavy atom. The molecule has 1 fully saturated rings. The van der Waals surface area contributed by atoms with E-state index in [1.54, 1.807) is 0 Å². The Hall–Kier alpha value is -0.200. The second-order valence-corrected chi connectivity index (χ2v) is 3.92. The van der Waals surface area contributed by atoms with Crippen LogP contribution in [0.3, 0.4) is 0 Å². The van der Waals surface area contributed by atoms with Gasteiger partial charge < -0.3 is 24.9 Å². The fourth-order valence-corrected chi connectivity index (χ4v) is 2.09. The molecule has 1 aliphatic rings. The maximum Gasteiger partial charge on any atom is 0.141 e. The average molecular weight is 192 g/mol. The molecule has 0 bridgehead atoms. The summed E-state index contributed by atoms with van der Waals surface area (Å²) >= 11 is 0. The lowest BCUT2D eigenvalue weighted by molar-refractivity contribution is -0.924. The number of rotatable bonds is 3. The van der Waals surface area contributed by atoms with Crippen molar-refractivity contribution in [3.63, 3.8) is 0 Å². The first-order chi connectivity index (χ1) is 6.05. The summed E-state index contributed by atoms with van der Waals surface area (Å²) in [5.74, 6) is 0. The van der Waals surface area contributed by atoms with Crippen molar-refractivity contribution in [2.24, 2.45) is 0 Å². The van der Waals surface area contributed by atoms with Gasteiger partial charge in [0, 0.05) is 0 Å². The van der Waals surface area contributed by atoms with Crippen LogP contribution in [0, 0.1) is 0 Å². The summed E-state index contributed by atoms with van der Waals surface area (Å²) in [5, 5.41) is 36.8. The average Bonchev–Trinajstić information content (AvgIpc) is 2.24. The number of hydrogen-bond donors (Lipinski definition) is 4. The quantitative estimate of drug-likeness (QED) is 0.373. The van der Waals surface area contributed by atoms with E-state index < -0.39 is 12.2 Å². The number of aliphatic hydroxyl groups excluding tert-OH is 4. The molecule has 0 aromatic carbocycles. The molecule has 0 spiro atoms. The molecule has 13 heavy (non-hydrogen) atoms. The number of hydrogen-bond acceptors (Lipinski definition) is 4. The smallest absolute Gasteiger partial charge is 0.141 e. The van der Waals surface area contributed by atoms with E-state index in [1.807, 2.05) is 7.05 Å². The topological polar surface area (TPSA) is 80.9 Å². The standard InChI is InChI=1S/C8H18NO4/c1-9(2-3-10)4-7(12)8(13)6(9)5-11/h6-8,10-13H,2-5H2,1H3/q+1/t6-,7-,8-,9?/m0/s1. The van der Waals surface area contributed by atoms with Gasteiger partial charge in [0.25, 0.3) is 0 Å². The van der Waals surface area contributed by atoms with Crippen molar-refractivity contribution in [3.8, 4) is 0 Å². The van der Waals surface area contributed by atoms with Crippen LogP contribution >= 0.6 is 0 Å².